The van der Waals surface area contributed by atoms with E-state index in [1.165, 1.54) is 0 Å². The molecule has 0 aliphatic carbocycles. The molecule has 2 aromatic carbocycles. The molecule has 0 bridgehead atoms. The van der Waals surface area contributed by atoms with E-state index in [1.807, 2.05) is 42.5 Å². The van der Waals surface area contributed by atoms with Crippen molar-refractivity contribution in [1.29, 1.82) is 5.26 Å². The van der Waals surface area contributed by atoms with Crippen LogP contribution in [0.1, 0.15) is 6.42 Å². The zero-order chi connectivity index (χ0) is 14.4. The zero-order valence-electron chi connectivity index (χ0n) is 10.7. The van der Waals surface area contributed by atoms with Crippen molar-refractivity contribution in [2.45, 2.75) is 6.42 Å². The second-order valence-electron chi connectivity index (χ2n) is 4.20. The number of nitrogens with one attached hydrogen (secondary N) is 1. The van der Waals surface area contributed by atoms with Gasteiger partial charge in [-0.1, -0.05) is 28.1 Å². The maximum atomic E-state index is 11.4. The number of halogens is 1. The van der Waals surface area contributed by atoms with Gasteiger partial charge in [-0.3, -0.25) is 4.79 Å². The summed E-state index contributed by atoms with van der Waals surface area (Å²) in [6.07, 6.45) is 0.302. The fraction of sp³-hybridized carbons (Fsp3) is 0.200. The van der Waals surface area contributed by atoms with Crippen LogP contribution in [0.4, 0.5) is 0 Å². The minimum absolute atomic E-state index is 0.0482. The molecule has 0 radical (unpaired) electrons. The standard InChI is InChI=1S/C15H13BrN2O2/c16-13-4-2-12-9-14(5-3-11(12)8-13)20-10-15(19)18-7-1-6-17/h2-5,8-9H,1,7,10H2,(H,18,19). The van der Waals surface area contributed by atoms with E-state index in [9.17, 15) is 4.79 Å². The minimum Gasteiger partial charge on any atom is -0.484 e. The third-order valence-electron chi connectivity index (χ3n) is 2.70. The van der Waals surface area contributed by atoms with Gasteiger partial charge in [0.25, 0.3) is 5.91 Å². The third kappa shape index (κ3) is 3.97. The van der Waals surface area contributed by atoms with Gasteiger partial charge in [0.1, 0.15) is 5.75 Å². The first kappa shape index (κ1) is 14.4. The second kappa shape index (κ2) is 6.92. The average molecular weight is 333 g/mol. The van der Waals surface area contributed by atoms with Crippen molar-refractivity contribution in [2.75, 3.05) is 13.2 Å². The molecule has 0 saturated heterocycles. The summed E-state index contributed by atoms with van der Waals surface area (Å²) in [6.45, 7) is 0.303. The third-order valence-corrected chi connectivity index (χ3v) is 3.20. The van der Waals surface area contributed by atoms with E-state index in [0.717, 1.165) is 15.2 Å². The SMILES string of the molecule is N#CCCNC(=O)COc1ccc2cc(Br)ccc2c1. The first-order chi connectivity index (χ1) is 9.69. The molecule has 102 valence electrons. The van der Waals surface area contributed by atoms with Crippen molar-refractivity contribution in [3.63, 3.8) is 0 Å². The lowest BCUT2D eigenvalue weighted by Crippen LogP contribution is -2.29. The molecule has 2 aromatic rings. The number of carbonyl (C=O) groups excluding carboxylic acids is 1. The number of nitrogens with zero attached hydrogens (tertiary/aromatic N) is 1. The molecular weight excluding hydrogens is 320 g/mol. The molecule has 0 heterocycles. The Morgan fingerprint density at radius 1 is 1.25 bits per heavy atom. The molecule has 0 aliphatic heterocycles. The fourth-order valence-electron chi connectivity index (χ4n) is 1.74. The highest BCUT2D eigenvalue weighted by atomic mass is 79.9. The van der Waals surface area contributed by atoms with Crippen LogP contribution in [0.15, 0.2) is 40.9 Å². The number of amides is 1. The van der Waals surface area contributed by atoms with Crippen LogP contribution in [0.5, 0.6) is 5.75 Å². The summed E-state index contributed by atoms with van der Waals surface area (Å²) in [4.78, 5) is 11.4. The monoisotopic (exact) mass is 332 g/mol. The minimum atomic E-state index is -0.226. The predicted octanol–water partition coefficient (Wildman–Crippen LogP) is 3.01. The molecule has 20 heavy (non-hydrogen) atoms. The Kier molecular flexibility index (Phi) is 4.97. The highest BCUT2D eigenvalue weighted by molar-refractivity contribution is 9.10. The molecule has 0 unspecified atom stereocenters. The van der Waals surface area contributed by atoms with Crippen LogP contribution in [-0.2, 0) is 4.79 Å². The summed E-state index contributed by atoms with van der Waals surface area (Å²) in [5.74, 6) is 0.423. The number of nitriles is 1. The van der Waals surface area contributed by atoms with E-state index in [2.05, 4.69) is 21.2 Å². The summed E-state index contributed by atoms with van der Waals surface area (Å²) >= 11 is 3.42. The van der Waals surface area contributed by atoms with E-state index in [-0.39, 0.29) is 12.5 Å². The van der Waals surface area contributed by atoms with Crippen LogP contribution in [-0.4, -0.2) is 19.1 Å². The zero-order valence-corrected chi connectivity index (χ0v) is 12.3. The number of rotatable bonds is 5. The predicted molar refractivity (Wildman–Crippen MR) is 80.4 cm³/mol. The number of fused-ring (bicyclic) bond motifs is 1. The maximum absolute atomic E-state index is 11.4. The Morgan fingerprint density at radius 2 is 2.00 bits per heavy atom. The molecule has 1 N–H and O–H groups in total. The molecule has 2 rings (SSSR count). The first-order valence-electron chi connectivity index (χ1n) is 6.15. The van der Waals surface area contributed by atoms with Gasteiger partial charge in [-0.05, 0) is 35.0 Å². The van der Waals surface area contributed by atoms with Gasteiger partial charge in [0.2, 0.25) is 0 Å². The Bertz CT molecular complexity index is 664. The van der Waals surface area contributed by atoms with Gasteiger partial charge in [-0.25, -0.2) is 0 Å². The molecule has 0 fully saturated rings. The quantitative estimate of drug-likeness (QED) is 0.856. The summed E-state index contributed by atoms with van der Waals surface area (Å²) in [5.41, 5.74) is 0. The number of hydrogen-bond acceptors (Lipinski definition) is 3. The van der Waals surface area contributed by atoms with E-state index >= 15 is 0 Å². The van der Waals surface area contributed by atoms with Crippen LogP contribution in [0, 0.1) is 11.3 Å². The van der Waals surface area contributed by atoms with Crippen LogP contribution in [0.2, 0.25) is 0 Å². The van der Waals surface area contributed by atoms with E-state index in [4.69, 9.17) is 10.00 Å². The first-order valence-corrected chi connectivity index (χ1v) is 6.94. The summed E-state index contributed by atoms with van der Waals surface area (Å²) < 4.78 is 6.45. The Morgan fingerprint density at radius 3 is 2.80 bits per heavy atom. The topological polar surface area (TPSA) is 62.1 Å². The summed E-state index contributed by atoms with van der Waals surface area (Å²) in [6, 6.07) is 13.6. The molecule has 0 aliphatic rings. The molecular formula is C15H13BrN2O2. The lowest BCUT2D eigenvalue weighted by Gasteiger charge is -2.07. The van der Waals surface area contributed by atoms with E-state index in [1.54, 1.807) is 0 Å². The summed E-state index contributed by atoms with van der Waals surface area (Å²) in [7, 11) is 0. The highest BCUT2D eigenvalue weighted by Gasteiger charge is 2.03. The van der Waals surface area contributed by atoms with Gasteiger partial charge in [-0.15, -0.1) is 0 Å². The van der Waals surface area contributed by atoms with Crippen molar-refractivity contribution < 1.29 is 9.53 Å². The second-order valence-corrected chi connectivity index (χ2v) is 5.12. The van der Waals surface area contributed by atoms with Gasteiger partial charge in [0.15, 0.2) is 6.61 Å². The van der Waals surface area contributed by atoms with Crippen molar-refractivity contribution in [3.05, 3.63) is 40.9 Å². The van der Waals surface area contributed by atoms with Crippen LogP contribution in [0.3, 0.4) is 0 Å². The normalized spacial score (nSPS) is 10.0. The number of hydrogen-bond donors (Lipinski definition) is 1. The van der Waals surface area contributed by atoms with Crippen LogP contribution < -0.4 is 10.1 Å². The molecule has 0 spiro atoms. The summed E-state index contributed by atoms with van der Waals surface area (Å²) in [5, 5.41) is 13.1. The maximum Gasteiger partial charge on any atom is 0.257 e. The number of benzene rings is 2. The van der Waals surface area contributed by atoms with E-state index in [0.29, 0.717) is 18.7 Å². The van der Waals surface area contributed by atoms with Gasteiger partial charge in [0.05, 0.1) is 12.5 Å². The van der Waals surface area contributed by atoms with Gasteiger partial charge < -0.3 is 10.1 Å². The molecule has 0 atom stereocenters. The molecule has 4 nitrogen and oxygen atoms in total. The number of carbonyl (C=O) groups is 1. The van der Waals surface area contributed by atoms with Crippen molar-refractivity contribution in [3.8, 4) is 11.8 Å². The molecule has 5 heteroatoms. The van der Waals surface area contributed by atoms with Gasteiger partial charge in [0, 0.05) is 11.0 Å². The lowest BCUT2D eigenvalue weighted by atomic mass is 10.1. The molecule has 0 aromatic heterocycles. The number of ether oxygens (including phenoxy) is 1. The largest absolute Gasteiger partial charge is 0.484 e. The average Bonchev–Trinajstić information content (AvgIpc) is 2.45. The van der Waals surface area contributed by atoms with Crippen molar-refractivity contribution in [1.82, 2.24) is 5.32 Å². The Balaban J connectivity index is 1.95. The van der Waals surface area contributed by atoms with Crippen LogP contribution in [0.25, 0.3) is 10.8 Å². The molecule has 1 amide bonds. The van der Waals surface area contributed by atoms with Crippen LogP contribution >= 0.6 is 15.9 Å². The van der Waals surface area contributed by atoms with Gasteiger partial charge >= 0.3 is 0 Å². The Hall–Kier alpha value is -2.06. The van der Waals surface area contributed by atoms with Crippen molar-refractivity contribution in [2.24, 2.45) is 0 Å². The van der Waals surface area contributed by atoms with Crippen molar-refractivity contribution >= 4 is 32.6 Å². The lowest BCUT2D eigenvalue weighted by molar-refractivity contribution is -0.123. The highest BCUT2D eigenvalue weighted by Crippen LogP contribution is 2.23. The molecule has 0 saturated carbocycles. The smallest absolute Gasteiger partial charge is 0.257 e. The van der Waals surface area contributed by atoms with Gasteiger partial charge in [-0.2, -0.15) is 5.26 Å². The fourth-order valence-corrected chi connectivity index (χ4v) is 2.12. The van der Waals surface area contributed by atoms with E-state index < -0.39 is 0 Å². The Labute approximate surface area is 125 Å².